The second-order valence-electron chi connectivity index (χ2n) is 5.61. The quantitative estimate of drug-likeness (QED) is 0.626. The summed E-state index contributed by atoms with van der Waals surface area (Å²) in [6.07, 6.45) is -4.96. The fourth-order valence-corrected chi connectivity index (χ4v) is 3.44. The molecule has 0 heterocycles. The first-order valence-corrected chi connectivity index (χ1v) is 6.45. The summed E-state index contributed by atoms with van der Waals surface area (Å²) in [7, 11) is 0. The van der Waals surface area contributed by atoms with Crippen LogP contribution in [0.2, 0.25) is 0 Å². The minimum Gasteiger partial charge on any atom is -0.376 e. The van der Waals surface area contributed by atoms with Crippen LogP contribution >= 0.6 is 0 Å². The van der Waals surface area contributed by atoms with Crippen molar-refractivity contribution >= 4 is 5.78 Å². The average Bonchev–Trinajstić information content (AvgIpc) is 2.87. The van der Waals surface area contributed by atoms with E-state index in [1.807, 2.05) is 0 Å². The van der Waals surface area contributed by atoms with Gasteiger partial charge in [0.15, 0.2) is 5.78 Å². The van der Waals surface area contributed by atoms with Crippen LogP contribution < -0.4 is 0 Å². The van der Waals surface area contributed by atoms with Crippen molar-refractivity contribution in [1.29, 1.82) is 0 Å². The Balaban J connectivity index is 2.11. The highest BCUT2D eigenvalue weighted by Crippen LogP contribution is 2.66. The van der Waals surface area contributed by atoms with Crippen LogP contribution in [0.1, 0.15) is 12.8 Å². The van der Waals surface area contributed by atoms with Gasteiger partial charge in [0.1, 0.15) is 6.61 Å². The molecule has 0 aromatic heterocycles. The maximum absolute atomic E-state index is 13.8. The number of aliphatic hydroxyl groups is 1. The molecule has 0 radical (unpaired) electrons. The first kappa shape index (κ1) is 16.4. The summed E-state index contributed by atoms with van der Waals surface area (Å²) in [5.41, 5.74) is -4.01. The molecule has 8 heteroatoms. The lowest BCUT2D eigenvalue weighted by molar-refractivity contribution is -0.353. The first-order valence-electron chi connectivity index (χ1n) is 6.45. The highest BCUT2D eigenvalue weighted by Gasteiger charge is 2.81. The Morgan fingerprint density at radius 1 is 1.38 bits per heavy atom. The highest BCUT2D eigenvalue weighted by molar-refractivity contribution is 5.90. The van der Waals surface area contributed by atoms with Crippen molar-refractivity contribution in [2.75, 3.05) is 13.2 Å². The van der Waals surface area contributed by atoms with Gasteiger partial charge in [-0.1, -0.05) is 6.58 Å². The Hall–Kier alpha value is -1.02. The third-order valence-electron chi connectivity index (χ3n) is 4.49. The number of hydrogen-bond acceptors (Lipinski definition) is 3. The highest BCUT2D eigenvalue weighted by atomic mass is 19.4. The molecule has 0 aliphatic heterocycles. The molecule has 0 aromatic carbocycles. The molecule has 4 atom stereocenters. The molecule has 2 aliphatic carbocycles. The molecule has 2 fully saturated rings. The smallest absolute Gasteiger partial charge is 0.376 e. The lowest BCUT2D eigenvalue weighted by Crippen LogP contribution is -2.64. The molecular formula is C13H15F5O3. The first-order chi connectivity index (χ1) is 9.55. The van der Waals surface area contributed by atoms with Crippen LogP contribution in [0.4, 0.5) is 22.0 Å². The van der Waals surface area contributed by atoms with Gasteiger partial charge in [-0.15, -0.1) is 0 Å². The Morgan fingerprint density at radius 2 is 2.00 bits per heavy atom. The van der Waals surface area contributed by atoms with E-state index in [2.05, 4.69) is 6.58 Å². The Morgan fingerprint density at radius 3 is 2.48 bits per heavy atom. The maximum atomic E-state index is 13.8. The van der Waals surface area contributed by atoms with E-state index in [0.29, 0.717) is 0 Å². The molecule has 3 nitrogen and oxygen atoms in total. The molecule has 0 aromatic rings. The van der Waals surface area contributed by atoms with Crippen molar-refractivity contribution in [1.82, 2.24) is 0 Å². The second kappa shape index (κ2) is 5.01. The van der Waals surface area contributed by atoms with Gasteiger partial charge in [-0.05, 0) is 24.8 Å². The molecular weight excluding hydrogens is 299 g/mol. The SMILES string of the molecule is C=CC(=O)COCC1CC2CC1C(O)(C(F)(F)F)C2(F)F. The minimum absolute atomic E-state index is 0.154. The van der Waals surface area contributed by atoms with E-state index in [-0.39, 0.29) is 19.6 Å². The van der Waals surface area contributed by atoms with Crippen molar-refractivity contribution in [3.63, 3.8) is 0 Å². The lowest BCUT2D eigenvalue weighted by atomic mass is 9.74. The summed E-state index contributed by atoms with van der Waals surface area (Å²) in [4.78, 5) is 10.9. The monoisotopic (exact) mass is 314 g/mol. The number of rotatable bonds is 5. The van der Waals surface area contributed by atoms with Gasteiger partial charge in [0.25, 0.3) is 5.92 Å². The number of halogens is 5. The number of ketones is 1. The van der Waals surface area contributed by atoms with E-state index in [1.165, 1.54) is 0 Å². The van der Waals surface area contributed by atoms with Crippen LogP contribution in [0, 0.1) is 17.8 Å². The molecule has 0 spiro atoms. The van der Waals surface area contributed by atoms with Gasteiger partial charge < -0.3 is 9.84 Å². The molecule has 2 rings (SSSR count). The van der Waals surface area contributed by atoms with Crippen molar-refractivity contribution in [3.8, 4) is 0 Å². The maximum Gasteiger partial charge on any atom is 0.423 e. The van der Waals surface area contributed by atoms with E-state index < -0.39 is 47.7 Å². The summed E-state index contributed by atoms with van der Waals surface area (Å²) in [5, 5.41) is 9.66. The molecule has 4 unspecified atom stereocenters. The largest absolute Gasteiger partial charge is 0.423 e. The second-order valence-corrected chi connectivity index (χ2v) is 5.61. The zero-order valence-corrected chi connectivity index (χ0v) is 11.0. The van der Waals surface area contributed by atoms with Gasteiger partial charge in [-0.2, -0.15) is 13.2 Å². The van der Waals surface area contributed by atoms with Crippen molar-refractivity contribution in [2.45, 2.75) is 30.5 Å². The number of alkyl halides is 5. The molecule has 21 heavy (non-hydrogen) atoms. The van der Waals surface area contributed by atoms with Gasteiger partial charge in [-0.3, -0.25) is 4.79 Å². The van der Waals surface area contributed by atoms with Gasteiger partial charge in [0.2, 0.25) is 5.60 Å². The molecule has 120 valence electrons. The predicted molar refractivity (Wildman–Crippen MR) is 61.7 cm³/mol. The van der Waals surface area contributed by atoms with Crippen LogP contribution in [-0.2, 0) is 9.53 Å². The van der Waals surface area contributed by atoms with E-state index in [9.17, 15) is 31.9 Å². The van der Waals surface area contributed by atoms with E-state index >= 15 is 0 Å². The van der Waals surface area contributed by atoms with Crippen molar-refractivity contribution in [3.05, 3.63) is 12.7 Å². The Bertz CT molecular complexity index is 448. The van der Waals surface area contributed by atoms with Crippen LogP contribution in [-0.4, -0.2) is 41.8 Å². The number of carbonyl (C=O) groups excluding carboxylic acids is 1. The van der Waals surface area contributed by atoms with E-state index in [4.69, 9.17) is 4.74 Å². The van der Waals surface area contributed by atoms with Crippen molar-refractivity contribution < 1.29 is 36.6 Å². The summed E-state index contributed by atoms with van der Waals surface area (Å²) < 4.78 is 71.3. The molecule has 2 saturated carbocycles. The minimum atomic E-state index is -5.41. The molecule has 0 amide bonds. The van der Waals surface area contributed by atoms with E-state index in [0.717, 1.165) is 6.08 Å². The topological polar surface area (TPSA) is 46.5 Å². The number of hydrogen-bond donors (Lipinski definition) is 1. The Kier molecular flexibility index (Phi) is 3.90. The van der Waals surface area contributed by atoms with E-state index in [1.54, 1.807) is 0 Å². The van der Waals surface area contributed by atoms with Crippen molar-refractivity contribution in [2.24, 2.45) is 17.8 Å². The number of fused-ring (bicyclic) bond motifs is 2. The molecule has 1 N–H and O–H groups in total. The van der Waals surface area contributed by atoms with Crippen LogP contribution in [0.5, 0.6) is 0 Å². The summed E-state index contributed by atoms with van der Waals surface area (Å²) >= 11 is 0. The number of ether oxygens (including phenoxy) is 1. The van der Waals surface area contributed by atoms with Gasteiger partial charge >= 0.3 is 6.18 Å². The lowest BCUT2D eigenvalue weighted by Gasteiger charge is -2.43. The predicted octanol–water partition coefficient (Wildman–Crippen LogP) is 2.34. The Labute approximate surface area is 117 Å². The fraction of sp³-hybridized carbons (Fsp3) is 0.769. The third kappa shape index (κ3) is 2.28. The van der Waals surface area contributed by atoms with Crippen LogP contribution in [0.15, 0.2) is 12.7 Å². The van der Waals surface area contributed by atoms with Crippen LogP contribution in [0.25, 0.3) is 0 Å². The summed E-state index contributed by atoms with van der Waals surface area (Å²) in [5.74, 6) is -8.62. The molecule has 2 aliphatic rings. The fourth-order valence-electron chi connectivity index (χ4n) is 3.44. The molecule has 2 bridgehead atoms. The number of carbonyl (C=O) groups is 1. The zero-order valence-electron chi connectivity index (χ0n) is 11.0. The normalized spacial score (nSPS) is 37.7. The van der Waals surface area contributed by atoms with Gasteiger partial charge in [0, 0.05) is 11.8 Å². The third-order valence-corrected chi connectivity index (χ3v) is 4.49. The van der Waals surface area contributed by atoms with Gasteiger partial charge in [-0.25, -0.2) is 8.78 Å². The zero-order chi connectivity index (χ0) is 16.1. The summed E-state index contributed by atoms with van der Waals surface area (Å²) in [6.45, 7) is 2.57. The molecule has 0 saturated heterocycles. The average molecular weight is 314 g/mol. The standard InChI is InChI=1S/C13H15F5O3/c1-2-9(19)6-21-5-7-3-8-4-10(7)11(20,12(8,14)15)13(16,17)18/h2,7-8,10,20H,1,3-6H2. The summed E-state index contributed by atoms with van der Waals surface area (Å²) in [6, 6.07) is 0. The van der Waals surface area contributed by atoms with Gasteiger partial charge in [0.05, 0.1) is 6.61 Å². The van der Waals surface area contributed by atoms with Crippen LogP contribution in [0.3, 0.4) is 0 Å².